The Kier molecular flexibility index (Phi) is 5.83. The number of alkyl halides is 3. The maximum atomic E-state index is 12.6. The highest BCUT2D eigenvalue weighted by molar-refractivity contribution is 5.60. The van der Waals surface area contributed by atoms with E-state index >= 15 is 0 Å². The van der Waals surface area contributed by atoms with Crippen LogP contribution in [0.2, 0.25) is 0 Å². The number of rotatable bonds is 7. The van der Waals surface area contributed by atoms with Gasteiger partial charge in [0.25, 0.3) is 6.01 Å². The third-order valence-electron chi connectivity index (χ3n) is 4.14. The van der Waals surface area contributed by atoms with Gasteiger partial charge in [-0.2, -0.15) is 13.2 Å². The summed E-state index contributed by atoms with van der Waals surface area (Å²) in [5, 5.41) is 2.85. The van der Waals surface area contributed by atoms with Crippen molar-refractivity contribution < 1.29 is 26.8 Å². The zero-order valence-electron chi connectivity index (χ0n) is 16.5. The molecule has 0 aliphatic carbocycles. The monoisotopic (exact) mass is 406 g/mol. The first-order valence-electron chi connectivity index (χ1n) is 9.04. The molecule has 3 rings (SSSR count). The fourth-order valence-electron chi connectivity index (χ4n) is 2.48. The van der Waals surface area contributed by atoms with Gasteiger partial charge in [0.2, 0.25) is 0 Å². The van der Waals surface area contributed by atoms with Crippen molar-refractivity contribution in [2.75, 3.05) is 39.6 Å². The highest BCUT2D eigenvalue weighted by Crippen LogP contribution is 2.31. The molecule has 1 N–H and O–H groups in total. The van der Waals surface area contributed by atoms with E-state index in [0.717, 1.165) is 34.5 Å². The largest absolute Gasteiger partial charge is 0.488 e. The zero-order chi connectivity index (χ0) is 21.1. The number of quaternary nitrogens is 1. The van der Waals surface area contributed by atoms with Crippen molar-refractivity contribution in [3.8, 4) is 17.1 Å². The third-order valence-corrected chi connectivity index (χ3v) is 4.14. The molecule has 0 unspecified atom stereocenters. The molecule has 2 aromatic carbocycles. The van der Waals surface area contributed by atoms with Crippen LogP contribution in [0, 0.1) is 0 Å². The van der Waals surface area contributed by atoms with E-state index in [0.29, 0.717) is 18.1 Å². The standard InChI is InChI=1S/C21H23F3N3O2/c1-27(2,3)12-13-28-18-10-4-15(5-11-18)19-14-25-20(29-19)26-17-8-6-16(7-9-17)21(22,23)24/h4-11,14H,12-13H2,1-3H3,(H,25,26)/q+1. The Morgan fingerprint density at radius 1 is 1.00 bits per heavy atom. The second-order valence-electron chi connectivity index (χ2n) is 7.62. The molecule has 1 heterocycles. The van der Waals surface area contributed by atoms with Gasteiger partial charge < -0.3 is 19.0 Å². The molecule has 8 heteroatoms. The van der Waals surface area contributed by atoms with Gasteiger partial charge in [0, 0.05) is 11.3 Å². The number of nitrogens with zero attached hydrogens (tertiary/aromatic N) is 2. The van der Waals surface area contributed by atoms with Gasteiger partial charge in [-0.25, -0.2) is 4.98 Å². The van der Waals surface area contributed by atoms with Crippen molar-refractivity contribution >= 4 is 11.7 Å². The van der Waals surface area contributed by atoms with Gasteiger partial charge in [0.1, 0.15) is 18.9 Å². The molecule has 0 spiro atoms. The van der Waals surface area contributed by atoms with Gasteiger partial charge in [-0.15, -0.1) is 0 Å². The molecule has 1 aromatic heterocycles. The lowest BCUT2D eigenvalue weighted by atomic mass is 10.2. The molecule has 0 bridgehead atoms. The van der Waals surface area contributed by atoms with Crippen LogP contribution < -0.4 is 10.1 Å². The normalized spacial score (nSPS) is 12.1. The summed E-state index contributed by atoms with van der Waals surface area (Å²) in [4.78, 5) is 4.12. The molecular weight excluding hydrogens is 383 g/mol. The number of ether oxygens (including phenoxy) is 1. The second-order valence-corrected chi connectivity index (χ2v) is 7.62. The summed E-state index contributed by atoms with van der Waals surface area (Å²) < 4.78 is 50.1. The minimum atomic E-state index is -4.36. The zero-order valence-corrected chi connectivity index (χ0v) is 16.5. The van der Waals surface area contributed by atoms with Crippen molar-refractivity contribution in [1.29, 1.82) is 0 Å². The van der Waals surface area contributed by atoms with Gasteiger partial charge in [-0.1, -0.05) is 0 Å². The topological polar surface area (TPSA) is 47.3 Å². The predicted octanol–water partition coefficient (Wildman–Crippen LogP) is 5.19. The third kappa shape index (κ3) is 5.99. The molecule has 3 aromatic rings. The lowest BCUT2D eigenvalue weighted by Crippen LogP contribution is -2.38. The van der Waals surface area contributed by atoms with E-state index in [1.54, 1.807) is 6.20 Å². The molecule has 0 aliphatic rings. The number of aromatic nitrogens is 1. The summed E-state index contributed by atoms with van der Waals surface area (Å²) in [5.41, 5.74) is 0.559. The number of hydrogen-bond donors (Lipinski definition) is 1. The maximum absolute atomic E-state index is 12.6. The van der Waals surface area contributed by atoms with Crippen LogP contribution >= 0.6 is 0 Å². The Hall–Kier alpha value is -3.00. The molecule has 0 aliphatic heterocycles. The molecule has 0 amide bonds. The average molecular weight is 406 g/mol. The van der Waals surface area contributed by atoms with Crippen molar-refractivity contribution in [1.82, 2.24) is 4.98 Å². The number of hydrogen-bond acceptors (Lipinski definition) is 4. The van der Waals surface area contributed by atoms with Crippen molar-refractivity contribution in [3.63, 3.8) is 0 Å². The summed E-state index contributed by atoms with van der Waals surface area (Å²) in [6.45, 7) is 1.51. The molecule has 0 radical (unpaired) electrons. The first kappa shape index (κ1) is 20.7. The Bertz CT molecular complexity index is 928. The first-order valence-corrected chi connectivity index (χ1v) is 9.04. The molecule has 29 heavy (non-hydrogen) atoms. The fourth-order valence-corrected chi connectivity index (χ4v) is 2.48. The molecule has 0 saturated heterocycles. The minimum absolute atomic E-state index is 0.197. The van der Waals surface area contributed by atoms with Gasteiger partial charge >= 0.3 is 6.18 Å². The highest BCUT2D eigenvalue weighted by atomic mass is 19.4. The van der Waals surface area contributed by atoms with Crippen molar-refractivity contribution in [3.05, 3.63) is 60.3 Å². The lowest BCUT2D eigenvalue weighted by molar-refractivity contribution is -0.870. The van der Waals surface area contributed by atoms with E-state index in [4.69, 9.17) is 9.15 Å². The van der Waals surface area contributed by atoms with E-state index in [1.807, 2.05) is 24.3 Å². The SMILES string of the molecule is C[N+](C)(C)CCOc1ccc(-c2cnc(Nc3ccc(C(F)(F)F)cc3)o2)cc1. The summed E-state index contributed by atoms with van der Waals surface area (Å²) in [6.07, 6.45) is -2.81. The molecule has 0 atom stereocenters. The second kappa shape index (κ2) is 8.16. The van der Waals surface area contributed by atoms with E-state index < -0.39 is 11.7 Å². The van der Waals surface area contributed by atoms with Crippen LogP contribution in [0.4, 0.5) is 24.9 Å². The number of anilines is 2. The lowest BCUT2D eigenvalue weighted by Gasteiger charge is -2.23. The van der Waals surface area contributed by atoms with Crippen LogP contribution in [-0.4, -0.2) is 43.8 Å². The molecule has 154 valence electrons. The van der Waals surface area contributed by atoms with Crippen LogP contribution in [0.5, 0.6) is 5.75 Å². The summed E-state index contributed by atoms with van der Waals surface area (Å²) in [6, 6.07) is 12.3. The summed E-state index contributed by atoms with van der Waals surface area (Å²) >= 11 is 0. The summed E-state index contributed by atoms with van der Waals surface area (Å²) in [5.74, 6) is 1.31. The van der Waals surface area contributed by atoms with E-state index in [9.17, 15) is 13.2 Å². The number of nitrogens with one attached hydrogen (secondary N) is 1. The smallest absolute Gasteiger partial charge is 0.416 e. The van der Waals surface area contributed by atoms with E-state index in [2.05, 4.69) is 31.4 Å². The quantitative estimate of drug-likeness (QED) is 0.549. The van der Waals surface area contributed by atoms with Gasteiger partial charge in [-0.3, -0.25) is 0 Å². The van der Waals surface area contributed by atoms with Crippen molar-refractivity contribution in [2.45, 2.75) is 6.18 Å². The van der Waals surface area contributed by atoms with Crippen LogP contribution in [0.15, 0.2) is 59.1 Å². The number of halogens is 3. The van der Waals surface area contributed by atoms with Gasteiger partial charge in [-0.05, 0) is 48.5 Å². The maximum Gasteiger partial charge on any atom is 0.416 e. The molecule has 5 nitrogen and oxygen atoms in total. The van der Waals surface area contributed by atoms with Crippen LogP contribution in [0.1, 0.15) is 5.56 Å². The minimum Gasteiger partial charge on any atom is -0.488 e. The molecule has 0 fully saturated rings. The van der Waals surface area contributed by atoms with Crippen LogP contribution in [-0.2, 0) is 6.18 Å². The van der Waals surface area contributed by atoms with Gasteiger partial charge in [0.15, 0.2) is 5.76 Å². The number of benzene rings is 2. The van der Waals surface area contributed by atoms with E-state index in [1.165, 1.54) is 12.1 Å². The summed E-state index contributed by atoms with van der Waals surface area (Å²) in [7, 11) is 6.31. The predicted molar refractivity (Wildman–Crippen MR) is 105 cm³/mol. The highest BCUT2D eigenvalue weighted by Gasteiger charge is 2.29. The average Bonchev–Trinajstić information content (AvgIpc) is 3.09. The van der Waals surface area contributed by atoms with Crippen molar-refractivity contribution in [2.24, 2.45) is 0 Å². The van der Waals surface area contributed by atoms with Gasteiger partial charge in [0.05, 0.1) is 32.9 Å². The molecule has 0 saturated carbocycles. The molecular formula is C21H23F3N3O2+. The number of oxazole rings is 1. The Labute approximate surface area is 167 Å². The Morgan fingerprint density at radius 2 is 1.66 bits per heavy atom. The Morgan fingerprint density at radius 3 is 2.24 bits per heavy atom. The van der Waals surface area contributed by atoms with Crippen LogP contribution in [0.3, 0.4) is 0 Å². The first-order chi connectivity index (χ1) is 13.6. The van der Waals surface area contributed by atoms with E-state index in [-0.39, 0.29) is 6.01 Å². The Balaban J connectivity index is 1.61. The number of likely N-dealkylation sites (N-methyl/N-ethyl adjacent to an activating group) is 1. The fraction of sp³-hybridized carbons (Fsp3) is 0.286. The van der Waals surface area contributed by atoms with Crippen LogP contribution in [0.25, 0.3) is 11.3 Å².